The van der Waals surface area contributed by atoms with Crippen LogP contribution < -0.4 is 5.32 Å². The number of hydrogen-bond donors (Lipinski definition) is 2. The molecule has 1 saturated carbocycles. The first kappa shape index (κ1) is 23.5. The summed E-state index contributed by atoms with van der Waals surface area (Å²) in [5.74, 6) is -0.0140. The highest BCUT2D eigenvalue weighted by Gasteiger charge is 2.46. The fourth-order valence-electron chi connectivity index (χ4n) is 5.80. The molecule has 2 heterocycles. The molecule has 35 heavy (non-hydrogen) atoms. The SMILES string of the molecule is CC(C)C(O)C(=O)NC(CC1CCC2=Cc3c(cnn3-c3cccnc3)CC21C)c1ccccc1. The molecule has 182 valence electrons. The van der Waals surface area contributed by atoms with Crippen molar-refractivity contribution < 1.29 is 9.90 Å². The summed E-state index contributed by atoms with van der Waals surface area (Å²) in [4.78, 5) is 17.1. The number of aliphatic hydroxyl groups excluding tert-OH is 1. The molecular formula is C29H34N4O2. The van der Waals surface area contributed by atoms with Gasteiger partial charge in [0.25, 0.3) is 0 Å². The predicted octanol–water partition coefficient (Wildman–Crippen LogP) is 4.89. The number of allylic oxidation sites excluding steroid dienone is 1. The van der Waals surface area contributed by atoms with Crippen LogP contribution in [-0.2, 0) is 11.2 Å². The van der Waals surface area contributed by atoms with Crippen molar-refractivity contribution in [2.24, 2.45) is 17.3 Å². The Kier molecular flexibility index (Phi) is 6.32. The van der Waals surface area contributed by atoms with Crippen LogP contribution in [0.4, 0.5) is 0 Å². The van der Waals surface area contributed by atoms with Crippen molar-refractivity contribution in [1.29, 1.82) is 0 Å². The molecule has 6 nitrogen and oxygen atoms in total. The summed E-state index contributed by atoms with van der Waals surface area (Å²) in [7, 11) is 0. The van der Waals surface area contributed by atoms with Crippen LogP contribution >= 0.6 is 0 Å². The number of nitrogens with zero attached hydrogens (tertiary/aromatic N) is 3. The van der Waals surface area contributed by atoms with Crippen LogP contribution in [0.3, 0.4) is 0 Å². The first-order valence-corrected chi connectivity index (χ1v) is 12.6. The van der Waals surface area contributed by atoms with Crippen molar-refractivity contribution >= 4 is 12.0 Å². The Hall–Kier alpha value is -3.25. The van der Waals surface area contributed by atoms with Gasteiger partial charge in [-0.15, -0.1) is 0 Å². The minimum absolute atomic E-state index is 0.0181. The molecule has 0 aliphatic heterocycles. The molecule has 4 unspecified atom stereocenters. The average Bonchev–Trinajstić information content (AvgIpc) is 3.42. The van der Waals surface area contributed by atoms with Gasteiger partial charge in [0.15, 0.2) is 0 Å². The lowest BCUT2D eigenvalue weighted by Gasteiger charge is -2.38. The van der Waals surface area contributed by atoms with Gasteiger partial charge in [0.05, 0.1) is 29.8 Å². The lowest BCUT2D eigenvalue weighted by Crippen LogP contribution is -2.41. The van der Waals surface area contributed by atoms with Gasteiger partial charge in [0, 0.05) is 6.20 Å². The lowest BCUT2D eigenvalue weighted by atomic mass is 9.68. The van der Waals surface area contributed by atoms with Crippen molar-refractivity contribution in [3.63, 3.8) is 0 Å². The van der Waals surface area contributed by atoms with Crippen LogP contribution in [0.15, 0.2) is 66.6 Å². The number of benzene rings is 1. The lowest BCUT2D eigenvalue weighted by molar-refractivity contribution is -0.132. The van der Waals surface area contributed by atoms with Crippen LogP contribution in [0.5, 0.6) is 0 Å². The molecule has 0 saturated heterocycles. The van der Waals surface area contributed by atoms with Gasteiger partial charge in [-0.2, -0.15) is 5.10 Å². The van der Waals surface area contributed by atoms with Gasteiger partial charge >= 0.3 is 0 Å². The second kappa shape index (κ2) is 9.42. The van der Waals surface area contributed by atoms with E-state index in [1.807, 2.05) is 61.3 Å². The van der Waals surface area contributed by atoms with E-state index in [1.165, 1.54) is 11.1 Å². The zero-order valence-corrected chi connectivity index (χ0v) is 20.7. The number of hydrogen-bond acceptors (Lipinski definition) is 4. The van der Waals surface area contributed by atoms with Crippen LogP contribution in [0.25, 0.3) is 11.8 Å². The summed E-state index contributed by atoms with van der Waals surface area (Å²) in [6, 6.07) is 14.0. The van der Waals surface area contributed by atoms with E-state index in [-0.39, 0.29) is 23.3 Å². The van der Waals surface area contributed by atoms with Gasteiger partial charge in [0.2, 0.25) is 5.91 Å². The van der Waals surface area contributed by atoms with Crippen molar-refractivity contribution in [3.8, 4) is 5.69 Å². The van der Waals surface area contributed by atoms with Gasteiger partial charge in [-0.1, -0.05) is 56.7 Å². The third kappa shape index (κ3) is 4.43. The number of rotatable bonds is 7. The molecule has 3 aromatic rings. The molecule has 2 aliphatic rings. The predicted molar refractivity (Wildman–Crippen MR) is 137 cm³/mol. The zero-order chi connectivity index (χ0) is 24.6. The highest BCUT2D eigenvalue weighted by atomic mass is 16.3. The minimum atomic E-state index is -1.01. The van der Waals surface area contributed by atoms with E-state index in [1.54, 1.807) is 6.20 Å². The molecule has 1 amide bonds. The molecule has 6 heteroatoms. The van der Waals surface area contributed by atoms with E-state index in [0.717, 1.165) is 42.6 Å². The van der Waals surface area contributed by atoms with E-state index < -0.39 is 6.10 Å². The number of amides is 1. The fraction of sp³-hybridized carbons (Fsp3) is 0.414. The number of pyridine rings is 1. The normalized spacial score (nSPS) is 22.8. The molecular weight excluding hydrogens is 436 g/mol. The molecule has 1 aromatic carbocycles. The maximum absolute atomic E-state index is 12.8. The Balaban J connectivity index is 1.41. The second-order valence-electron chi connectivity index (χ2n) is 10.6. The number of nitrogens with one attached hydrogen (secondary N) is 1. The molecule has 4 atom stereocenters. The summed E-state index contributed by atoms with van der Waals surface area (Å²) >= 11 is 0. The maximum Gasteiger partial charge on any atom is 0.249 e. The van der Waals surface area contributed by atoms with E-state index in [0.29, 0.717) is 5.92 Å². The minimum Gasteiger partial charge on any atom is -0.383 e. The van der Waals surface area contributed by atoms with Crippen molar-refractivity contribution in [1.82, 2.24) is 20.1 Å². The summed E-state index contributed by atoms with van der Waals surface area (Å²) < 4.78 is 1.99. The van der Waals surface area contributed by atoms with Crippen LogP contribution in [-0.4, -0.2) is 31.9 Å². The van der Waals surface area contributed by atoms with Gasteiger partial charge in [-0.05, 0) is 72.3 Å². The molecule has 2 aliphatic carbocycles. The van der Waals surface area contributed by atoms with Crippen LogP contribution in [0.1, 0.15) is 62.9 Å². The van der Waals surface area contributed by atoms with Crippen LogP contribution in [0, 0.1) is 17.3 Å². The third-order valence-corrected chi connectivity index (χ3v) is 7.98. The largest absolute Gasteiger partial charge is 0.383 e. The molecule has 2 aromatic heterocycles. The topological polar surface area (TPSA) is 80.0 Å². The second-order valence-corrected chi connectivity index (χ2v) is 10.6. The van der Waals surface area contributed by atoms with E-state index in [2.05, 4.69) is 40.5 Å². The highest BCUT2D eigenvalue weighted by molar-refractivity contribution is 5.81. The Labute approximate surface area is 207 Å². The number of carbonyl (C=O) groups is 1. The number of carbonyl (C=O) groups excluding carboxylic acids is 1. The molecule has 2 N–H and O–H groups in total. The van der Waals surface area contributed by atoms with Crippen molar-refractivity contribution in [2.75, 3.05) is 0 Å². The van der Waals surface area contributed by atoms with E-state index >= 15 is 0 Å². The summed E-state index contributed by atoms with van der Waals surface area (Å²) in [6.07, 6.45) is 10.8. The number of aliphatic hydroxyl groups is 1. The van der Waals surface area contributed by atoms with Gasteiger partial charge in [0.1, 0.15) is 6.10 Å². The highest BCUT2D eigenvalue weighted by Crippen LogP contribution is 2.55. The Morgan fingerprint density at radius 1 is 1.20 bits per heavy atom. The molecule has 0 bridgehead atoms. The molecule has 0 radical (unpaired) electrons. The summed E-state index contributed by atoms with van der Waals surface area (Å²) in [6.45, 7) is 6.10. The van der Waals surface area contributed by atoms with Crippen molar-refractivity contribution in [2.45, 2.75) is 58.6 Å². The van der Waals surface area contributed by atoms with Gasteiger partial charge in [-0.3, -0.25) is 9.78 Å². The summed E-state index contributed by atoms with van der Waals surface area (Å²) in [5, 5.41) is 18.2. The van der Waals surface area contributed by atoms with Gasteiger partial charge < -0.3 is 10.4 Å². The standard InChI is InChI=1S/C29H34N4O2/c1-19(2)27(34)28(35)32-25(20-8-5-4-6-9-20)14-22-11-12-23-15-26-21(16-29(22,23)3)17-31-33(26)24-10-7-13-30-18-24/h4-10,13,15,17-19,22,25,27,34H,11-12,14,16H2,1-3H3,(H,32,35). The average molecular weight is 471 g/mol. The molecule has 0 spiro atoms. The van der Waals surface area contributed by atoms with Crippen LogP contribution in [0.2, 0.25) is 0 Å². The Morgan fingerprint density at radius 3 is 2.71 bits per heavy atom. The number of aromatic nitrogens is 3. The molecule has 5 rings (SSSR count). The first-order chi connectivity index (χ1) is 16.9. The van der Waals surface area contributed by atoms with E-state index in [4.69, 9.17) is 0 Å². The molecule has 1 fully saturated rings. The van der Waals surface area contributed by atoms with E-state index in [9.17, 15) is 9.90 Å². The number of fused-ring (bicyclic) bond motifs is 2. The van der Waals surface area contributed by atoms with Crippen molar-refractivity contribution in [3.05, 3.63) is 83.4 Å². The summed E-state index contributed by atoms with van der Waals surface area (Å²) in [5.41, 5.74) is 5.94. The maximum atomic E-state index is 12.8. The first-order valence-electron chi connectivity index (χ1n) is 12.6. The third-order valence-electron chi connectivity index (χ3n) is 7.98. The Bertz CT molecular complexity index is 1220. The quantitative estimate of drug-likeness (QED) is 0.515. The monoisotopic (exact) mass is 470 g/mol. The smallest absolute Gasteiger partial charge is 0.249 e. The Morgan fingerprint density at radius 2 is 2.00 bits per heavy atom. The van der Waals surface area contributed by atoms with Gasteiger partial charge in [-0.25, -0.2) is 4.68 Å². The fourth-order valence-corrected chi connectivity index (χ4v) is 5.80. The zero-order valence-electron chi connectivity index (χ0n) is 20.7.